The Morgan fingerprint density at radius 3 is 2.29 bits per heavy atom. The average Bonchev–Trinajstić information content (AvgIpc) is 2.93. The third-order valence-electron chi connectivity index (χ3n) is 3.52. The Morgan fingerprint density at radius 1 is 1.05 bits per heavy atom. The number of fused-ring (bicyclic) bond motifs is 1. The Kier molecular flexibility index (Phi) is 2.79. The van der Waals surface area contributed by atoms with Gasteiger partial charge in [-0.15, -0.1) is 0 Å². The lowest BCUT2D eigenvalue weighted by Gasteiger charge is -2.10. The van der Waals surface area contributed by atoms with Crippen LogP contribution < -0.4 is 0 Å². The van der Waals surface area contributed by atoms with Gasteiger partial charge in [-0.1, -0.05) is 0 Å². The lowest BCUT2D eigenvalue weighted by Crippen LogP contribution is -2.07. The SMILES string of the molecule is Cc1c(-c2cc(C(F)(F)F)c3cnn(C)c3n2)cnn1C. The molecule has 0 bridgehead atoms. The minimum Gasteiger partial charge on any atom is -0.272 e. The predicted octanol–water partition coefficient (Wildman–Crippen LogP) is 2.70. The molecule has 0 N–H and O–H groups in total. The molecule has 0 aliphatic heterocycles. The molecule has 0 saturated carbocycles. The zero-order valence-electron chi connectivity index (χ0n) is 11.6. The van der Waals surface area contributed by atoms with E-state index in [0.29, 0.717) is 5.56 Å². The van der Waals surface area contributed by atoms with Crippen LogP contribution >= 0.6 is 0 Å². The molecule has 3 heterocycles. The maximum absolute atomic E-state index is 13.2. The molecule has 0 aromatic carbocycles. The molecule has 0 fully saturated rings. The number of hydrogen-bond acceptors (Lipinski definition) is 3. The summed E-state index contributed by atoms with van der Waals surface area (Å²) in [6.45, 7) is 1.78. The van der Waals surface area contributed by atoms with Crippen LogP contribution in [0.4, 0.5) is 13.2 Å². The highest BCUT2D eigenvalue weighted by molar-refractivity contribution is 5.83. The Balaban J connectivity index is 2.35. The standard InChI is InChI=1S/C13H12F3N5/c1-7-8(5-17-20(7)2)11-4-10(13(14,15)16)9-6-18-21(3)12(9)19-11/h4-6H,1-3H3. The molecule has 5 nitrogen and oxygen atoms in total. The molecular weight excluding hydrogens is 283 g/mol. The van der Waals surface area contributed by atoms with Crippen LogP contribution in [0.2, 0.25) is 0 Å². The first kappa shape index (κ1) is 13.6. The van der Waals surface area contributed by atoms with Crippen LogP contribution in [0.3, 0.4) is 0 Å². The summed E-state index contributed by atoms with van der Waals surface area (Å²) in [5, 5.41) is 7.91. The van der Waals surface area contributed by atoms with Gasteiger partial charge < -0.3 is 0 Å². The van der Waals surface area contributed by atoms with Crippen molar-refractivity contribution in [1.29, 1.82) is 0 Å². The van der Waals surface area contributed by atoms with E-state index in [9.17, 15) is 13.2 Å². The first-order chi connectivity index (χ1) is 9.79. The second-order valence-corrected chi connectivity index (χ2v) is 4.83. The molecule has 0 amide bonds. The molecule has 8 heteroatoms. The molecule has 0 spiro atoms. The van der Waals surface area contributed by atoms with E-state index in [-0.39, 0.29) is 16.7 Å². The van der Waals surface area contributed by atoms with Crippen molar-refractivity contribution in [2.75, 3.05) is 0 Å². The van der Waals surface area contributed by atoms with Gasteiger partial charge in [-0.25, -0.2) is 4.98 Å². The molecule has 3 aromatic rings. The number of hydrogen-bond donors (Lipinski definition) is 0. The van der Waals surface area contributed by atoms with Crippen LogP contribution in [-0.4, -0.2) is 24.5 Å². The molecule has 110 valence electrons. The quantitative estimate of drug-likeness (QED) is 0.693. The first-order valence-corrected chi connectivity index (χ1v) is 6.18. The molecule has 0 aliphatic rings. The van der Waals surface area contributed by atoms with Crippen molar-refractivity contribution in [3.8, 4) is 11.3 Å². The fourth-order valence-electron chi connectivity index (χ4n) is 2.24. The maximum Gasteiger partial charge on any atom is 0.417 e. The second kappa shape index (κ2) is 4.31. The topological polar surface area (TPSA) is 48.5 Å². The van der Waals surface area contributed by atoms with Crippen molar-refractivity contribution >= 4 is 11.0 Å². The lowest BCUT2D eigenvalue weighted by atomic mass is 10.1. The summed E-state index contributed by atoms with van der Waals surface area (Å²) < 4.78 is 42.7. The van der Waals surface area contributed by atoms with E-state index < -0.39 is 11.7 Å². The van der Waals surface area contributed by atoms with Gasteiger partial charge in [0, 0.05) is 25.4 Å². The van der Waals surface area contributed by atoms with Gasteiger partial charge in [0.25, 0.3) is 0 Å². The molecule has 0 radical (unpaired) electrons. The smallest absolute Gasteiger partial charge is 0.272 e. The molecule has 3 aromatic heterocycles. The summed E-state index contributed by atoms with van der Waals surface area (Å²) in [7, 11) is 3.29. The minimum absolute atomic E-state index is 0.00436. The normalized spacial score (nSPS) is 12.3. The van der Waals surface area contributed by atoms with Crippen LogP contribution in [0.15, 0.2) is 18.5 Å². The van der Waals surface area contributed by atoms with Gasteiger partial charge in [0.1, 0.15) is 0 Å². The highest BCUT2D eigenvalue weighted by Crippen LogP contribution is 2.36. The summed E-state index contributed by atoms with van der Waals surface area (Å²) in [5.74, 6) is 0. The van der Waals surface area contributed by atoms with Crippen molar-refractivity contribution in [2.24, 2.45) is 14.1 Å². The molecule has 0 unspecified atom stereocenters. The Hall–Kier alpha value is -2.38. The number of pyridine rings is 1. The van der Waals surface area contributed by atoms with Gasteiger partial charge in [-0.2, -0.15) is 23.4 Å². The van der Waals surface area contributed by atoms with E-state index in [4.69, 9.17) is 0 Å². The third-order valence-corrected chi connectivity index (χ3v) is 3.52. The van der Waals surface area contributed by atoms with Crippen molar-refractivity contribution < 1.29 is 13.2 Å². The summed E-state index contributed by atoms with van der Waals surface area (Å²) in [4.78, 5) is 4.30. The van der Waals surface area contributed by atoms with Crippen LogP contribution in [0.25, 0.3) is 22.3 Å². The maximum atomic E-state index is 13.2. The van der Waals surface area contributed by atoms with E-state index in [1.54, 1.807) is 25.7 Å². The number of alkyl halides is 3. The fraction of sp³-hybridized carbons (Fsp3) is 0.308. The number of halogens is 3. The van der Waals surface area contributed by atoms with Crippen molar-refractivity contribution in [2.45, 2.75) is 13.1 Å². The van der Waals surface area contributed by atoms with E-state index in [1.165, 1.54) is 17.1 Å². The van der Waals surface area contributed by atoms with Crippen molar-refractivity contribution in [3.63, 3.8) is 0 Å². The molecule has 3 rings (SSSR count). The van der Waals surface area contributed by atoms with Gasteiger partial charge in [0.15, 0.2) is 5.65 Å². The number of rotatable bonds is 1. The zero-order chi connectivity index (χ0) is 15.4. The fourth-order valence-corrected chi connectivity index (χ4v) is 2.24. The van der Waals surface area contributed by atoms with Crippen molar-refractivity contribution in [3.05, 3.63) is 29.7 Å². The summed E-state index contributed by atoms with van der Waals surface area (Å²) >= 11 is 0. The molecule has 21 heavy (non-hydrogen) atoms. The van der Waals surface area contributed by atoms with E-state index >= 15 is 0 Å². The van der Waals surface area contributed by atoms with Crippen LogP contribution in [0.5, 0.6) is 0 Å². The monoisotopic (exact) mass is 295 g/mol. The summed E-state index contributed by atoms with van der Waals surface area (Å²) in [6, 6.07) is 1.05. The van der Waals surface area contributed by atoms with Crippen LogP contribution in [0, 0.1) is 6.92 Å². The molecule has 0 aliphatic carbocycles. The predicted molar refractivity (Wildman–Crippen MR) is 70.5 cm³/mol. The third kappa shape index (κ3) is 2.07. The number of nitrogens with zero attached hydrogens (tertiary/aromatic N) is 5. The highest BCUT2D eigenvalue weighted by Gasteiger charge is 2.34. The summed E-state index contributed by atoms with van der Waals surface area (Å²) in [5.41, 5.74) is 1.02. The number of aryl methyl sites for hydroxylation is 2. The summed E-state index contributed by atoms with van der Waals surface area (Å²) in [6.07, 6.45) is -1.76. The van der Waals surface area contributed by atoms with E-state index in [0.717, 1.165) is 11.8 Å². The van der Waals surface area contributed by atoms with Crippen LogP contribution in [-0.2, 0) is 20.3 Å². The number of aromatic nitrogens is 5. The Labute approximate surface area is 118 Å². The largest absolute Gasteiger partial charge is 0.417 e. The van der Waals surface area contributed by atoms with Gasteiger partial charge in [-0.3, -0.25) is 9.36 Å². The molecule has 0 atom stereocenters. The minimum atomic E-state index is -4.46. The Bertz CT molecular complexity index is 828. The lowest BCUT2D eigenvalue weighted by molar-refractivity contribution is -0.136. The highest BCUT2D eigenvalue weighted by atomic mass is 19.4. The Morgan fingerprint density at radius 2 is 1.71 bits per heavy atom. The second-order valence-electron chi connectivity index (χ2n) is 4.83. The van der Waals surface area contributed by atoms with Gasteiger partial charge in [0.2, 0.25) is 0 Å². The van der Waals surface area contributed by atoms with E-state index in [1.807, 2.05) is 0 Å². The van der Waals surface area contributed by atoms with Crippen molar-refractivity contribution in [1.82, 2.24) is 24.5 Å². The molecule has 0 saturated heterocycles. The van der Waals surface area contributed by atoms with Gasteiger partial charge in [0.05, 0.1) is 29.0 Å². The average molecular weight is 295 g/mol. The van der Waals surface area contributed by atoms with Crippen LogP contribution in [0.1, 0.15) is 11.3 Å². The van der Waals surface area contributed by atoms with E-state index in [2.05, 4.69) is 15.2 Å². The van der Waals surface area contributed by atoms with Gasteiger partial charge in [-0.05, 0) is 13.0 Å². The zero-order valence-corrected chi connectivity index (χ0v) is 11.6. The first-order valence-electron chi connectivity index (χ1n) is 6.18. The molecular formula is C13H12F3N5. The van der Waals surface area contributed by atoms with Gasteiger partial charge >= 0.3 is 6.18 Å².